The van der Waals surface area contributed by atoms with E-state index in [1.165, 1.54) is 11.3 Å². The number of halogens is 1. The number of hydrogen-bond acceptors (Lipinski definition) is 5. The summed E-state index contributed by atoms with van der Waals surface area (Å²) in [6, 6.07) is -0.628. The normalized spacial score (nSPS) is 21.7. The van der Waals surface area contributed by atoms with Gasteiger partial charge in [0.1, 0.15) is 4.60 Å². The van der Waals surface area contributed by atoms with Gasteiger partial charge in [0, 0.05) is 11.9 Å². The molecule has 0 aliphatic carbocycles. The summed E-state index contributed by atoms with van der Waals surface area (Å²) in [5, 5.41) is 11.6. The number of carboxylic acid groups (broad SMARTS) is 1. The number of aliphatic carboxylic acids is 1. The van der Waals surface area contributed by atoms with Crippen LogP contribution < -0.4 is 4.90 Å². The van der Waals surface area contributed by atoms with Crippen LogP contribution in [-0.4, -0.2) is 41.9 Å². The van der Waals surface area contributed by atoms with Gasteiger partial charge in [-0.3, -0.25) is 0 Å². The van der Waals surface area contributed by atoms with Crippen LogP contribution in [0.25, 0.3) is 0 Å². The van der Waals surface area contributed by atoms with Crippen molar-refractivity contribution in [3.05, 3.63) is 9.98 Å². The van der Waals surface area contributed by atoms with E-state index in [1.54, 1.807) is 4.90 Å². The van der Waals surface area contributed by atoms with Crippen molar-refractivity contribution in [2.45, 2.75) is 6.04 Å². The van der Waals surface area contributed by atoms with Crippen LogP contribution >= 0.6 is 27.3 Å². The highest BCUT2D eigenvalue weighted by Gasteiger charge is 2.30. The Labute approximate surface area is 98.8 Å². The van der Waals surface area contributed by atoms with Crippen molar-refractivity contribution in [3.8, 4) is 0 Å². The largest absolute Gasteiger partial charge is 0.480 e. The van der Waals surface area contributed by atoms with Gasteiger partial charge in [0.2, 0.25) is 0 Å². The lowest BCUT2D eigenvalue weighted by Crippen LogP contribution is -2.50. The van der Waals surface area contributed by atoms with Crippen molar-refractivity contribution < 1.29 is 14.6 Å². The quantitative estimate of drug-likeness (QED) is 0.887. The number of aromatic nitrogens is 1. The molecule has 1 aromatic rings. The molecule has 1 N–H and O–H groups in total. The molecule has 82 valence electrons. The fourth-order valence-corrected chi connectivity index (χ4v) is 2.74. The Bertz CT molecular complexity index is 371. The molecule has 7 heteroatoms. The molecule has 0 aromatic carbocycles. The molecule has 0 amide bonds. The van der Waals surface area contributed by atoms with Crippen molar-refractivity contribution >= 4 is 38.4 Å². The smallest absolute Gasteiger partial charge is 0.328 e. The number of thiazole rings is 1. The second-order valence-corrected chi connectivity index (χ2v) is 4.72. The lowest BCUT2D eigenvalue weighted by atomic mass is 10.2. The van der Waals surface area contributed by atoms with Crippen LogP contribution in [0.15, 0.2) is 9.98 Å². The monoisotopic (exact) mass is 292 g/mol. The van der Waals surface area contributed by atoms with Crippen LogP contribution in [0.3, 0.4) is 0 Å². The molecule has 0 bridgehead atoms. The molecular weight excluding hydrogens is 284 g/mol. The fourth-order valence-electron chi connectivity index (χ4n) is 1.41. The second-order valence-electron chi connectivity index (χ2n) is 3.08. The maximum atomic E-state index is 11.0. The predicted octanol–water partition coefficient (Wildman–Crippen LogP) is 1.20. The van der Waals surface area contributed by atoms with Gasteiger partial charge in [-0.25, -0.2) is 9.78 Å². The van der Waals surface area contributed by atoms with Gasteiger partial charge in [-0.15, -0.1) is 11.3 Å². The molecule has 0 saturated carbocycles. The summed E-state index contributed by atoms with van der Waals surface area (Å²) in [7, 11) is 0. The molecule has 1 saturated heterocycles. The first kappa shape index (κ1) is 10.8. The standard InChI is InChI=1S/C8H9BrN2O3S/c9-6-4-15-8(10-6)11-1-2-14-3-5(11)7(12)13/h4-5H,1-3H2,(H,12,13). The fraction of sp³-hybridized carbons (Fsp3) is 0.500. The highest BCUT2D eigenvalue weighted by Crippen LogP contribution is 2.26. The SMILES string of the molecule is O=C(O)C1COCCN1c1nc(Br)cs1. The van der Waals surface area contributed by atoms with Crippen molar-refractivity contribution in [2.24, 2.45) is 0 Å². The molecule has 5 nitrogen and oxygen atoms in total. The number of rotatable bonds is 2. The summed E-state index contributed by atoms with van der Waals surface area (Å²) >= 11 is 4.68. The number of ether oxygens (including phenoxy) is 1. The number of anilines is 1. The number of morpholine rings is 1. The highest BCUT2D eigenvalue weighted by molar-refractivity contribution is 9.10. The molecule has 1 aromatic heterocycles. The van der Waals surface area contributed by atoms with E-state index in [-0.39, 0.29) is 6.61 Å². The van der Waals surface area contributed by atoms with Crippen molar-refractivity contribution in [1.29, 1.82) is 0 Å². The zero-order valence-corrected chi connectivity index (χ0v) is 10.1. The third kappa shape index (κ3) is 2.30. The predicted molar refractivity (Wildman–Crippen MR) is 59.4 cm³/mol. The molecule has 2 rings (SSSR count). The molecular formula is C8H9BrN2O3S. The Balaban J connectivity index is 2.21. The van der Waals surface area contributed by atoms with Crippen molar-refractivity contribution in [3.63, 3.8) is 0 Å². The third-order valence-corrected chi connectivity index (χ3v) is 3.71. The van der Waals surface area contributed by atoms with E-state index in [2.05, 4.69) is 20.9 Å². The zero-order valence-electron chi connectivity index (χ0n) is 7.72. The molecule has 1 unspecified atom stereocenters. The first-order chi connectivity index (χ1) is 7.18. The Kier molecular flexibility index (Phi) is 3.22. The van der Waals surface area contributed by atoms with Gasteiger partial charge in [-0.1, -0.05) is 0 Å². The zero-order chi connectivity index (χ0) is 10.8. The van der Waals surface area contributed by atoms with E-state index in [1.807, 2.05) is 5.38 Å². The highest BCUT2D eigenvalue weighted by atomic mass is 79.9. The molecule has 15 heavy (non-hydrogen) atoms. The molecule has 1 aliphatic heterocycles. The summed E-state index contributed by atoms with van der Waals surface area (Å²) in [5.74, 6) is -0.874. The Morgan fingerprint density at radius 2 is 2.60 bits per heavy atom. The van der Waals surface area contributed by atoms with Crippen molar-refractivity contribution in [1.82, 2.24) is 4.98 Å². The lowest BCUT2D eigenvalue weighted by molar-refractivity contribution is -0.141. The minimum Gasteiger partial charge on any atom is -0.480 e. The van der Waals surface area contributed by atoms with Crippen LogP contribution in [0.1, 0.15) is 0 Å². The Morgan fingerprint density at radius 1 is 1.80 bits per heavy atom. The van der Waals surface area contributed by atoms with E-state index in [0.717, 1.165) is 9.73 Å². The Morgan fingerprint density at radius 3 is 3.20 bits per heavy atom. The van der Waals surface area contributed by atoms with E-state index < -0.39 is 12.0 Å². The van der Waals surface area contributed by atoms with Crippen LogP contribution in [0.2, 0.25) is 0 Å². The minimum absolute atomic E-state index is 0.215. The van der Waals surface area contributed by atoms with Crippen LogP contribution in [0, 0.1) is 0 Å². The van der Waals surface area contributed by atoms with E-state index in [9.17, 15) is 4.79 Å². The van der Waals surface area contributed by atoms with Gasteiger partial charge >= 0.3 is 5.97 Å². The van der Waals surface area contributed by atoms with Crippen LogP contribution in [0.5, 0.6) is 0 Å². The first-order valence-electron chi connectivity index (χ1n) is 4.36. The summed E-state index contributed by atoms with van der Waals surface area (Å²) in [4.78, 5) is 17.0. The molecule has 1 atom stereocenters. The minimum atomic E-state index is -0.874. The molecule has 0 spiro atoms. The third-order valence-electron chi connectivity index (χ3n) is 2.12. The number of nitrogens with zero attached hydrogens (tertiary/aromatic N) is 2. The first-order valence-corrected chi connectivity index (χ1v) is 6.04. The molecule has 0 radical (unpaired) electrons. The maximum Gasteiger partial charge on any atom is 0.328 e. The van der Waals surface area contributed by atoms with Gasteiger partial charge in [0.15, 0.2) is 11.2 Å². The van der Waals surface area contributed by atoms with Gasteiger partial charge in [-0.05, 0) is 15.9 Å². The number of carboxylic acids is 1. The van der Waals surface area contributed by atoms with Crippen LogP contribution in [0.4, 0.5) is 5.13 Å². The summed E-state index contributed by atoms with van der Waals surface area (Å²) < 4.78 is 5.88. The molecule has 2 heterocycles. The average molecular weight is 293 g/mol. The van der Waals surface area contributed by atoms with Crippen molar-refractivity contribution in [2.75, 3.05) is 24.7 Å². The summed E-state index contributed by atoms with van der Waals surface area (Å²) in [6.45, 7) is 1.32. The second kappa shape index (κ2) is 4.46. The average Bonchev–Trinajstić information content (AvgIpc) is 2.65. The van der Waals surface area contributed by atoms with E-state index in [4.69, 9.17) is 9.84 Å². The number of hydrogen-bond donors (Lipinski definition) is 1. The summed E-state index contributed by atoms with van der Waals surface area (Å²) in [6.07, 6.45) is 0. The topological polar surface area (TPSA) is 62.7 Å². The number of carbonyl (C=O) groups is 1. The van der Waals surface area contributed by atoms with Gasteiger partial charge in [0.05, 0.1) is 13.2 Å². The molecule has 1 fully saturated rings. The van der Waals surface area contributed by atoms with Gasteiger partial charge < -0.3 is 14.7 Å². The van der Waals surface area contributed by atoms with E-state index in [0.29, 0.717) is 13.2 Å². The summed E-state index contributed by atoms with van der Waals surface area (Å²) in [5.41, 5.74) is 0. The van der Waals surface area contributed by atoms with Crippen LogP contribution in [-0.2, 0) is 9.53 Å². The van der Waals surface area contributed by atoms with E-state index >= 15 is 0 Å². The Hall–Kier alpha value is -0.660. The molecule has 1 aliphatic rings. The van der Waals surface area contributed by atoms with Gasteiger partial charge in [0.25, 0.3) is 0 Å². The van der Waals surface area contributed by atoms with Gasteiger partial charge in [-0.2, -0.15) is 0 Å². The maximum absolute atomic E-state index is 11.0. The lowest BCUT2D eigenvalue weighted by Gasteiger charge is -2.32.